The van der Waals surface area contributed by atoms with Gasteiger partial charge in [0.1, 0.15) is 0 Å². The Labute approximate surface area is 153 Å². The maximum absolute atomic E-state index is 13.1. The molecule has 0 aromatic heterocycles. The van der Waals surface area contributed by atoms with Gasteiger partial charge in [0.2, 0.25) is 0 Å². The Morgan fingerprint density at radius 3 is 2.20 bits per heavy atom. The van der Waals surface area contributed by atoms with Crippen molar-refractivity contribution in [3.05, 3.63) is 64.7 Å². The smallest absolute Gasteiger partial charge is 0.182 e. The molecule has 0 amide bonds. The molecule has 2 aromatic carbocycles. The zero-order chi connectivity index (χ0) is 18.2. The fourth-order valence-corrected chi connectivity index (χ4v) is 6.25. The van der Waals surface area contributed by atoms with Gasteiger partial charge in [0.15, 0.2) is 9.84 Å². The fourth-order valence-electron chi connectivity index (χ4n) is 3.68. The Hall–Kier alpha value is -1.40. The van der Waals surface area contributed by atoms with Crippen molar-refractivity contribution >= 4 is 21.4 Å². The van der Waals surface area contributed by atoms with Gasteiger partial charge in [0, 0.05) is 22.9 Å². The molecule has 1 saturated carbocycles. The lowest BCUT2D eigenvalue weighted by Gasteiger charge is -2.12. The van der Waals surface area contributed by atoms with E-state index in [1.165, 1.54) is 17.7 Å². The van der Waals surface area contributed by atoms with E-state index < -0.39 is 20.5 Å². The molecule has 0 heterocycles. The van der Waals surface area contributed by atoms with Gasteiger partial charge in [-0.1, -0.05) is 42.8 Å². The maximum atomic E-state index is 13.1. The van der Waals surface area contributed by atoms with Crippen LogP contribution in [0, 0.1) is 5.41 Å². The lowest BCUT2D eigenvalue weighted by atomic mass is 9.99. The van der Waals surface area contributed by atoms with E-state index in [2.05, 4.69) is 6.92 Å². The summed E-state index contributed by atoms with van der Waals surface area (Å²) in [6.07, 6.45) is 0.916. The third-order valence-electron chi connectivity index (χ3n) is 5.28. The topological polar surface area (TPSA) is 80.4 Å². The van der Waals surface area contributed by atoms with Gasteiger partial charge in [0.25, 0.3) is 0 Å². The van der Waals surface area contributed by atoms with Crippen molar-refractivity contribution in [1.29, 1.82) is 0 Å². The number of aliphatic hydroxyl groups excluding tert-OH is 1. The molecule has 0 saturated heterocycles. The van der Waals surface area contributed by atoms with Gasteiger partial charge >= 0.3 is 0 Å². The molecule has 1 aliphatic carbocycles. The van der Waals surface area contributed by atoms with Crippen molar-refractivity contribution in [2.45, 2.75) is 29.4 Å². The minimum absolute atomic E-state index is 0.112. The number of aliphatic hydroxyl groups is 1. The van der Waals surface area contributed by atoms with Crippen LogP contribution in [0.15, 0.2) is 53.4 Å². The van der Waals surface area contributed by atoms with Crippen molar-refractivity contribution in [3.63, 3.8) is 0 Å². The average Bonchev–Trinajstić information content (AvgIpc) is 3.33. The number of nitrogens with two attached hydrogens (primary N) is 1. The van der Waals surface area contributed by atoms with E-state index in [4.69, 9.17) is 17.3 Å². The molecule has 0 unspecified atom stereocenters. The van der Waals surface area contributed by atoms with Crippen molar-refractivity contribution in [2.24, 2.45) is 11.1 Å². The monoisotopic (exact) mass is 379 g/mol. The molecule has 3 N–H and O–H groups in total. The Morgan fingerprint density at radius 1 is 1.12 bits per heavy atom. The summed E-state index contributed by atoms with van der Waals surface area (Å²) in [6.45, 7) is 1.92. The van der Waals surface area contributed by atoms with E-state index in [0.29, 0.717) is 5.02 Å². The van der Waals surface area contributed by atoms with E-state index in [-0.39, 0.29) is 24.0 Å². The quantitative estimate of drug-likeness (QED) is 0.808. The first-order chi connectivity index (χ1) is 11.9. The normalized spacial score (nSPS) is 25.8. The first-order valence-electron chi connectivity index (χ1n) is 8.30. The molecule has 6 heteroatoms. The lowest BCUT2D eigenvalue weighted by molar-refractivity contribution is 0.212. The number of rotatable bonds is 6. The van der Waals surface area contributed by atoms with Gasteiger partial charge in [0.05, 0.1) is 16.8 Å². The van der Waals surface area contributed by atoms with Crippen LogP contribution >= 0.6 is 11.6 Å². The van der Waals surface area contributed by atoms with Crippen LogP contribution in [0.1, 0.15) is 24.0 Å². The lowest BCUT2D eigenvalue weighted by Crippen LogP contribution is -2.27. The second-order valence-corrected chi connectivity index (χ2v) is 9.09. The minimum atomic E-state index is -3.63. The van der Waals surface area contributed by atoms with E-state index in [0.717, 1.165) is 12.0 Å². The Bertz CT molecular complexity index is 843. The molecule has 3 rings (SSSR count). The van der Waals surface area contributed by atoms with Crippen molar-refractivity contribution < 1.29 is 13.5 Å². The number of benzene rings is 2. The fraction of sp³-hybridized carbons (Fsp3) is 0.368. The standard InChI is InChI=1S/C19H22ClNO3S/c1-2-13-3-5-14(6-4-13)17-18(19(17,11-21)12-22)25(23,24)16-9-7-15(20)8-10-16/h3-10,17-18,22H,2,11-12,21H2,1H3/t17-,18-,19-/m0/s1. The average molecular weight is 380 g/mol. The molecule has 25 heavy (non-hydrogen) atoms. The van der Waals surface area contributed by atoms with Crippen LogP contribution < -0.4 is 5.73 Å². The van der Waals surface area contributed by atoms with Gasteiger partial charge in [-0.05, 0) is 41.8 Å². The molecule has 0 radical (unpaired) electrons. The molecular weight excluding hydrogens is 358 g/mol. The molecule has 0 aliphatic heterocycles. The molecule has 1 aliphatic rings. The van der Waals surface area contributed by atoms with Gasteiger partial charge < -0.3 is 10.8 Å². The third kappa shape index (κ3) is 2.99. The molecule has 1 fully saturated rings. The van der Waals surface area contributed by atoms with Crippen molar-refractivity contribution in [1.82, 2.24) is 0 Å². The molecule has 3 atom stereocenters. The van der Waals surface area contributed by atoms with Crippen molar-refractivity contribution in [3.8, 4) is 0 Å². The Morgan fingerprint density at radius 2 is 1.72 bits per heavy atom. The predicted molar refractivity (Wildman–Crippen MR) is 99.6 cm³/mol. The summed E-state index contributed by atoms with van der Waals surface area (Å²) >= 11 is 5.87. The van der Waals surface area contributed by atoms with Gasteiger partial charge in [-0.2, -0.15) is 0 Å². The molecule has 134 valence electrons. The molecule has 4 nitrogen and oxygen atoms in total. The zero-order valence-electron chi connectivity index (χ0n) is 14.0. The van der Waals surface area contributed by atoms with E-state index >= 15 is 0 Å². The van der Waals surface area contributed by atoms with Crippen LogP contribution in [0.3, 0.4) is 0 Å². The number of hydrogen-bond donors (Lipinski definition) is 2. The Balaban J connectivity index is 2.02. The summed E-state index contributed by atoms with van der Waals surface area (Å²) in [7, 11) is -3.63. The highest BCUT2D eigenvalue weighted by atomic mass is 35.5. The summed E-state index contributed by atoms with van der Waals surface area (Å²) < 4.78 is 26.3. The highest BCUT2D eigenvalue weighted by Gasteiger charge is 2.70. The predicted octanol–water partition coefficient (Wildman–Crippen LogP) is 2.78. The second kappa shape index (κ2) is 6.72. The summed E-state index contributed by atoms with van der Waals surface area (Å²) in [4.78, 5) is 0.209. The largest absolute Gasteiger partial charge is 0.396 e. The number of aryl methyl sites for hydroxylation is 1. The highest BCUT2D eigenvalue weighted by molar-refractivity contribution is 7.92. The van der Waals surface area contributed by atoms with Gasteiger partial charge in [-0.15, -0.1) is 0 Å². The molecule has 0 bridgehead atoms. The third-order valence-corrected chi connectivity index (χ3v) is 7.87. The first-order valence-corrected chi connectivity index (χ1v) is 10.2. The number of sulfone groups is 1. The summed E-state index contributed by atoms with van der Waals surface area (Å²) in [6, 6.07) is 14.0. The molecule has 2 aromatic rings. The SMILES string of the molecule is CCc1ccc([C@H]2[C@H](S(=O)(=O)c3ccc(Cl)cc3)[C@@]2(CN)CO)cc1. The molecule has 0 spiro atoms. The van der Waals surface area contributed by atoms with E-state index in [1.54, 1.807) is 12.1 Å². The summed E-state index contributed by atoms with van der Waals surface area (Å²) in [5, 5.41) is 9.70. The van der Waals surface area contributed by atoms with E-state index in [9.17, 15) is 13.5 Å². The van der Waals surface area contributed by atoms with Crippen LogP contribution in [-0.2, 0) is 16.3 Å². The van der Waals surface area contributed by atoms with Crippen molar-refractivity contribution in [2.75, 3.05) is 13.2 Å². The number of hydrogen-bond acceptors (Lipinski definition) is 4. The first kappa shape index (κ1) is 18.4. The second-order valence-electron chi connectivity index (χ2n) is 6.59. The zero-order valence-corrected chi connectivity index (χ0v) is 15.6. The summed E-state index contributed by atoms with van der Waals surface area (Å²) in [5.74, 6) is -0.311. The van der Waals surface area contributed by atoms with Crippen LogP contribution in [0.25, 0.3) is 0 Å². The van der Waals surface area contributed by atoms with Crippen LogP contribution in [-0.4, -0.2) is 31.9 Å². The van der Waals surface area contributed by atoms with Crippen LogP contribution in [0.5, 0.6) is 0 Å². The minimum Gasteiger partial charge on any atom is -0.396 e. The van der Waals surface area contributed by atoms with E-state index in [1.807, 2.05) is 24.3 Å². The Kier molecular flexibility index (Phi) is 4.95. The highest BCUT2D eigenvalue weighted by Crippen LogP contribution is 2.63. The summed E-state index contributed by atoms with van der Waals surface area (Å²) in [5.41, 5.74) is 7.15. The van der Waals surface area contributed by atoms with Crippen LogP contribution in [0.2, 0.25) is 5.02 Å². The van der Waals surface area contributed by atoms with Crippen LogP contribution in [0.4, 0.5) is 0 Å². The maximum Gasteiger partial charge on any atom is 0.182 e. The number of halogens is 1. The molecular formula is C19H22ClNO3S. The van der Waals surface area contributed by atoms with Gasteiger partial charge in [-0.3, -0.25) is 0 Å². The van der Waals surface area contributed by atoms with Gasteiger partial charge in [-0.25, -0.2) is 8.42 Å².